The molecule has 0 saturated heterocycles. The molecule has 5 nitrogen and oxygen atoms in total. The zero-order chi connectivity index (χ0) is 18.0. The number of hydrogen-bond donors (Lipinski definition) is 1. The molecule has 1 aromatic heterocycles. The molecule has 7 heteroatoms. The molecule has 0 aliphatic carbocycles. The molecule has 0 fully saturated rings. The van der Waals surface area contributed by atoms with Crippen LogP contribution in [0, 0.1) is 11.6 Å². The van der Waals surface area contributed by atoms with E-state index in [-0.39, 0.29) is 22.6 Å². The summed E-state index contributed by atoms with van der Waals surface area (Å²) in [5, 5.41) is 2.55. The number of carbonyl (C=O) groups excluding carboxylic acids is 1. The average Bonchev–Trinajstić information content (AvgIpc) is 2.59. The van der Waals surface area contributed by atoms with Crippen LogP contribution in [0.3, 0.4) is 0 Å². The fourth-order valence-electron chi connectivity index (χ4n) is 3.02. The van der Waals surface area contributed by atoms with Crippen LogP contribution >= 0.6 is 0 Å². The molecule has 25 heavy (non-hydrogen) atoms. The molecule has 0 atom stereocenters. The number of pyridine rings is 1. The Labute approximate surface area is 143 Å². The molecule has 0 bridgehead atoms. The smallest absolute Gasteiger partial charge is 0.261 e. The van der Waals surface area contributed by atoms with E-state index in [1.54, 1.807) is 11.5 Å². The van der Waals surface area contributed by atoms with Crippen LogP contribution in [0.25, 0.3) is 0 Å². The second-order valence-corrected chi connectivity index (χ2v) is 5.79. The Hall–Kier alpha value is -2.70. The third-order valence-electron chi connectivity index (χ3n) is 4.13. The van der Waals surface area contributed by atoms with Crippen LogP contribution < -0.4 is 15.6 Å². The van der Waals surface area contributed by atoms with Crippen LogP contribution in [0.15, 0.2) is 29.1 Å². The Morgan fingerprint density at radius 3 is 2.76 bits per heavy atom. The van der Waals surface area contributed by atoms with Gasteiger partial charge in [-0.25, -0.2) is 8.78 Å². The van der Waals surface area contributed by atoms with Crippen molar-refractivity contribution in [2.24, 2.45) is 0 Å². The lowest BCUT2D eigenvalue weighted by molar-refractivity contribution is 0.102. The topological polar surface area (TPSA) is 60.3 Å². The number of rotatable bonds is 4. The molecular weight excluding hydrogens is 330 g/mol. The van der Waals surface area contributed by atoms with Crippen molar-refractivity contribution in [1.82, 2.24) is 4.57 Å². The maximum atomic E-state index is 13.4. The number of anilines is 1. The van der Waals surface area contributed by atoms with Crippen molar-refractivity contribution < 1.29 is 18.3 Å². The van der Waals surface area contributed by atoms with Crippen molar-refractivity contribution in [2.45, 2.75) is 32.7 Å². The minimum atomic E-state index is -1.05. The fourth-order valence-corrected chi connectivity index (χ4v) is 3.02. The van der Waals surface area contributed by atoms with Crippen molar-refractivity contribution in [3.05, 3.63) is 57.5 Å². The summed E-state index contributed by atoms with van der Waals surface area (Å²) in [5.41, 5.74) is 0.808. The van der Waals surface area contributed by atoms with Gasteiger partial charge in [-0.2, -0.15) is 0 Å². The Bertz CT molecular complexity index is 877. The number of carbonyl (C=O) groups is 1. The second kappa shape index (κ2) is 7.04. The highest BCUT2D eigenvalue weighted by Gasteiger charge is 2.24. The van der Waals surface area contributed by atoms with Crippen LogP contribution in [-0.2, 0) is 13.0 Å². The van der Waals surface area contributed by atoms with Gasteiger partial charge in [0.2, 0.25) is 0 Å². The molecule has 0 spiro atoms. The molecule has 1 aromatic carbocycles. The number of nitrogens with one attached hydrogen (secondary N) is 1. The Balaban J connectivity index is 2.03. The lowest BCUT2D eigenvalue weighted by Gasteiger charge is -2.23. The number of benzene rings is 1. The van der Waals surface area contributed by atoms with Gasteiger partial charge in [0.15, 0.2) is 11.6 Å². The Morgan fingerprint density at radius 2 is 2.04 bits per heavy atom. The second-order valence-electron chi connectivity index (χ2n) is 5.79. The largest absolute Gasteiger partial charge is 0.493 e. The highest BCUT2D eigenvalue weighted by molar-refractivity contribution is 6.07. The van der Waals surface area contributed by atoms with Crippen molar-refractivity contribution in [2.75, 3.05) is 11.9 Å². The molecular formula is C18H18F2N2O3. The third kappa shape index (κ3) is 3.40. The van der Waals surface area contributed by atoms with Gasteiger partial charge in [0.25, 0.3) is 11.5 Å². The monoisotopic (exact) mass is 348 g/mol. The SMILES string of the molecule is CCOc1cc(=O)n2c(c1C(=O)Nc1ccc(F)c(F)c1)CCCC2. The van der Waals surface area contributed by atoms with Gasteiger partial charge in [0.05, 0.1) is 6.61 Å². The molecule has 2 aromatic rings. The number of fused-ring (bicyclic) bond motifs is 1. The quantitative estimate of drug-likeness (QED) is 0.924. The molecule has 3 rings (SSSR count). The zero-order valence-electron chi connectivity index (χ0n) is 13.8. The van der Waals surface area contributed by atoms with Gasteiger partial charge in [-0.05, 0) is 38.3 Å². The van der Waals surface area contributed by atoms with Gasteiger partial charge in [-0.3, -0.25) is 9.59 Å². The van der Waals surface area contributed by atoms with Crippen molar-refractivity contribution in [1.29, 1.82) is 0 Å². The standard InChI is InChI=1S/C18H18F2N2O3/c1-2-25-15-10-16(23)22-8-4-3-5-14(22)17(15)18(24)21-11-6-7-12(19)13(20)9-11/h6-7,9-10H,2-5,8H2,1H3,(H,21,24). The summed E-state index contributed by atoms with van der Waals surface area (Å²) in [5.74, 6) is -2.34. The van der Waals surface area contributed by atoms with Gasteiger partial charge >= 0.3 is 0 Å². The molecule has 1 N–H and O–H groups in total. The van der Waals surface area contributed by atoms with Crippen LogP contribution in [0.2, 0.25) is 0 Å². The minimum absolute atomic E-state index is 0.132. The summed E-state index contributed by atoms with van der Waals surface area (Å²) in [6.07, 6.45) is 2.31. The van der Waals surface area contributed by atoms with Crippen molar-refractivity contribution in [3.8, 4) is 5.75 Å². The Morgan fingerprint density at radius 1 is 1.24 bits per heavy atom. The minimum Gasteiger partial charge on any atom is -0.493 e. The van der Waals surface area contributed by atoms with Crippen molar-refractivity contribution >= 4 is 11.6 Å². The summed E-state index contributed by atoms with van der Waals surface area (Å²) in [6, 6.07) is 4.44. The summed E-state index contributed by atoms with van der Waals surface area (Å²) in [4.78, 5) is 25.0. The van der Waals surface area contributed by atoms with Gasteiger partial charge < -0.3 is 14.6 Å². The predicted molar refractivity (Wildman–Crippen MR) is 89.1 cm³/mol. The van der Waals surface area contributed by atoms with E-state index in [2.05, 4.69) is 5.32 Å². The number of halogens is 2. The van der Waals surface area contributed by atoms with Crippen LogP contribution in [-0.4, -0.2) is 17.1 Å². The summed E-state index contributed by atoms with van der Waals surface area (Å²) < 4.78 is 33.5. The molecule has 0 radical (unpaired) electrons. The van der Waals surface area contributed by atoms with Crippen molar-refractivity contribution in [3.63, 3.8) is 0 Å². The zero-order valence-corrected chi connectivity index (χ0v) is 13.8. The molecule has 1 aliphatic heterocycles. The fraction of sp³-hybridized carbons (Fsp3) is 0.333. The first-order chi connectivity index (χ1) is 12.0. The lowest BCUT2D eigenvalue weighted by atomic mass is 10.0. The summed E-state index contributed by atoms with van der Waals surface area (Å²) in [6.45, 7) is 2.61. The number of hydrogen-bond acceptors (Lipinski definition) is 3. The summed E-state index contributed by atoms with van der Waals surface area (Å²) >= 11 is 0. The van der Waals surface area contributed by atoms with E-state index in [0.29, 0.717) is 25.3 Å². The maximum Gasteiger partial charge on any atom is 0.261 e. The van der Waals surface area contributed by atoms with Crippen LogP contribution in [0.5, 0.6) is 5.75 Å². The molecule has 1 aliphatic rings. The van der Waals surface area contributed by atoms with E-state index >= 15 is 0 Å². The van der Waals surface area contributed by atoms with E-state index < -0.39 is 17.5 Å². The molecule has 1 amide bonds. The number of amides is 1. The maximum absolute atomic E-state index is 13.4. The van der Waals surface area contributed by atoms with Gasteiger partial charge in [0.1, 0.15) is 11.3 Å². The van der Waals surface area contributed by atoms with E-state index in [9.17, 15) is 18.4 Å². The molecule has 0 saturated carbocycles. The highest BCUT2D eigenvalue weighted by atomic mass is 19.2. The lowest BCUT2D eigenvalue weighted by Crippen LogP contribution is -2.31. The number of ether oxygens (including phenoxy) is 1. The van der Waals surface area contributed by atoms with E-state index in [1.807, 2.05) is 0 Å². The molecule has 2 heterocycles. The third-order valence-corrected chi connectivity index (χ3v) is 4.13. The highest BCUT2D eigenvalue weighted by Crippen LogP contribution is 2.26. The summed E-state index contributed by atoms with van der Waals surface area (Å²) in [7, 11) is 0. The first-order valence-electron chi connectivity index (χ1n) is 8.17. The normalized spacial score (nSPS) is 13.2. The van der Waals surface area contributed by atoms with Gasteiger partial charge in [-0.1, -0.05) is 0 Å². The molecule has 132 valence electrons. The Kier molecular flexibility index (Phi) is 4.83. The molecule has 0 unspecified atom stereocenters. The first kappa shape index (κ1) is 17.1. The predicted octanol–water partition coefficient (Wildman–Crippen LogP) is 3.11. The van der Waals surface area contributed by atoms with E-state index in [0.717, 1.165) is 25.0 Å². The van der Waals surface area contributed by atoms with E-state index in [1.165, 1.54) is 12.1 Å². The number of nitrogens with zero attached hydrogens (tertiary/aromatic N) is 1. The average molecular weight is 348 g/mol. The number of aromatic nitrogens is 1. The van der Waals surface area contributed by atoms with Gasteiger partial charge in [0, 0.05) is 30.1 Å². The van der Waals surface area contributed by atoms with Gasteiger partial charge in [-0.15, -0.1) is 0 Å². The first-order valence-corrected chi connectivity index (χ1v) is 8.17. The van der Waals surface area contributed by atoms with Crippen LogP contribution in [0.4, 0.5) is 14.5 Å². The van der Waals surface area contributed by atoms with Crippen LogP contribution in [0.1, 0.15) is 35.8 Å². The van der Waals surface area contributed by atoms with E-state index in [4.69, 9.17) is 4.74 Å².